The van der Waals surface area contributed by atoms with Crippen LogP contribution in [0.25, 0.3) is 0 Å². The van der Waals surface area contributed by atoms with E-state index in [2.05, 4.69) is 26.0 Å². The van der Waals surface area contributed by atoms with Crippen LogP contribution in [0.15, 0.2) is 24.3 Å². The van der Waals surface area contributed by atoms with Crippen molar-refractivity contribution < 1.29 is 10.2 Å². The van der Waals surface area contributed by atoms with Crippen molar-refractivity contribution in [3.05, 3.63) is 56.6 Å². The van der Waals surface area contributed by atoms with Gasteiger partial charge in [-0.25, -0.2) is 0 Å². The van der Waals surface area contributed by atoms with Crippen molar-refractivity contribution in [2.75, 3.05) is 0 Å². The summed E-state index contributed by atoms with van der Waals surface area (Å²) in [5.41, 5.74) is 3.52. The maximum Gasteiger partial charge on any atom is 0.120 e. The smallest absolute Gasteiger partial charge is 0.120 e. The van der Waals surface area contributed by atoms with Gasteiger partial charge in [0.05, 0.1) is 0 Å². The summed E-state index contributed by atoms with van der Waals surface area (Å²) in [7, 11) is 0. The molecule has 0 aromatic heterocycles. The predicted molar refractivity (Wildman–Crippen MR) is 130 cm³/mol. The van der Waals surface area contributed by atoms with Gasteiger partial charge in [0.1, 0.15) is 11.5 Å². The average Bonchev–Trinajstić information content (AvgIpc) is 2.74. The van der Waals surface area contributed by atoms with Crippen LogP contribution in [0.3, 0.4) is 0 Å². The third-order valence-corrected chi connectivity index (χ3v) is 8.29. The Hall–Kier alpha value is -1.38. The van der Waals surface area contributed by atoms with E-state index in [4.69, 9.17) is 23.2 Å². The third-order valence-electron chi connectivity index (χ3n) is 7.67. The van der Waals surface area contributed by atoms with E-state index in [1.54, 1.807) is 12.1 Å². The molecular weight excluding hydrogens is 427 g/mol. The van der Waals surface area contributed by atoms with Gasteiger partial charge >= 0.3 is 0 Å². The average molecular weight is 461 g/mol. The van der Waals surface area contributed by atoms with Gasteiger partial charge < -0.3 is 10.2 Å². The molecule has 0 atom stereocenters. The summed E-state index contributed by atoms with van der Waals surface area (Å²) in [6.45, 7) is 4.28. The molecule has 4 heteroatoms. The van der Waals surface area contributed by atoms with Crippen molar-refractivity contribution in [1.82, 2.24) is 0 Å². The molecule has 2 aliphatic rings. The number of phenolic OH excluding ortho intramolecular Hbond substituents is 2. The number of benzene rings is 2. The van der Waals surface area contributed by atoms with Gasteiger partial charge in [0, 0.05) is 15.5 Å². The molecule has 0 bridgehead atoms. The van der Waals surface area contributed by atoms with E-state index in [9.17, 15) is 10.2 Å². The monoisotopic (exact) mass is 460 g/mol. The molecule has 31 heavy (non-hydrogen) atoms. The van der Waals surface area contributed by atoms with Crippen molar-refractivity contribution in [2.24, 2.45) is 0 Å². The highest BCUT2D eigenvalue weighted by Crippen LogP contribution is 2.47. The van der Waals surface area contributed by atoms with E-state index in [0.29, 0.717) is 33.4 Å². The summed E-state index contributed by atoms with van der Waals surface area (Å²) in [5, 5.41) is 22.5. The van der Waals surface area contributed by atoms with E-state index < -0.39 is 5.41 Å². The number of hydrogen-bond acceptors (Lipinski definition) is 2. The second kappa shape index (κ2) is 9.24. The summed E-state index contributed by atoms with van der Waals surface area (Å²) in [5.74, 6) is 1.37. The minimum Gasteiger partial charge on any atom is -0.508 e. The second-order valence-electron chi connectivity index (χ2n) is 10.1. The lowest BCUT2D eigenvalue weighted by Crippen LogP contribution is -2.22. The van der Waals surface area contributed by atoms with Gasteiger partial charge in [-0.05, 0) is 84.0 Å². The minimum absolute atomic E-state index is 0.302. The zero-order valence-corrected chi connectivity index (χ0v) is 20.2. The van der Waals surface area contributed by atoms with Crippen LogP contribution in [0, 0.1) is 0 Å². The maximum absolute atomic E-state index is 10.7. The van der Waals surface area contributed by atoms with Gasteiger partial charge in [-0.15, -0.1) is 0 Å². The summed E-state index contributed by atoms with van der Waals surface area (Å²) in [6, 6.07) is 7.63. The fourth-order valence-electron chi connectivity index (χ4n) is 5.74. The quantitative estimate of drug-likeness (QED) is 0.477. The number of aromatic hydroxyl groups is 2. The maximum atomic E-state index is 10.7. The van der Waals surface area contributed by atoms with Crippen LogP contribution in [0.1, 0.15) is 112 Å². The van der Waals surface area contributed by atoms with Gasteiger partial charge in [0.25, 0.3) is 0 Å². The van der Waals surface area contributed by atoms with Crippen molar-refractivity contribution in [3.63, 3.8) is 0 Å². The Kier molecular flexibility index (Phi) is 6.79. The molecule has 2 fully saturated rings. The minimum atomic E-state index is -0.456. The molecule has 0 unspecified atom stereocenters. The number of halogens is 2. The van der Waals surface area contributed by atoms with Crippen LogP contribution in [0.2, 0.25) is 10.0 Å². The fraction of sp³-hybridized carbons (Fsp3) is 0.556. The zero-order valence-electron chi connectivity index (χ0n) is 18.7. The van der Waals surface area contributed by atoms with Crippen LogP contribution in [0.5, 0.6) is 11.5 Å². The van der Waals surface area contributed by atoms with Crippen molar-refractivity contribution in [1.29, 1.82) is 0 Å². The summed E-state index contributed by atoms with van der Waals surface area (Å²) < 4.78 is 0. The SMILES string of the molecule is CC(C)(c1cc(C2CCCCC2)c(O)cc1Cl)c1cc(C2CCCCC2)c(O)cc1Cl. The Bertz CT molecular complexity index is 863. The molecule has 168 valence electrons. The molecule has 0 radical (unpaired) electrons. The Morgan fingerprint density at radius 1 is 0.645 bits per heavy atom. The molecule has 4 rings (SSSR count). The van der Waals surface area contributed by atoms with Gasteiger partial charge in [-0.3, -0.25) is 0 Å². The molecule has 0 heterocycles. The van der Waals surface area contributed by atoms with Crippen LogP contribution in [-0.4, -0.2) is 10.2 Å². The van der Waals surface area contributed by atoms with E-state index >= 15 is 0 Å². The summed E-state index contributed by atoms with van der Waals surface area (Å²) in [6.07, 6.45) is 11.8. The molecule has 2 aromatic carbocycles. The van der Waals surface area contributed by atoms with Crippen molar-refractivity contribution >= 4 is 23.2 Å². The third kappa shape index (κ3) is 4.57. The lowest BCUT2D eigenvalue weighted by Gasteiger charge is -2.32. The summed E-state index contributed by atoms with van der Waals surface area (Å²) >= 11 is 13.4. The van der Waals surface area contributed by atoms with Crippen molar-refractivity contribution in [3.8, 4) is 11.5 Å². The lowest BCUT2D eigenvalue weighted by molar-refractivity contribution is 0.412. The van der Waals surface area contributed by atoms with Crippen molar-refractivity contribution in [2.45, 2.75) is 95.3 Å². The normalized spacial score (nSPS) is 19.0. The molecule has 0 amide bonds. The highest BCUT2D eigenvalue weighted by Gasteiger charge is 2.32. The lowest BCUT2D eigenvalue weighted by atomic mass is 9.74. The Morgan fingerprint density at radius 2 is 1.00 bits per heavy atom. The van der Waals surface area contributed by atoms with Crippen LogP contribution >= 0.6 is 23.2 Å². The first-order valence-corrected chi connectivity index (χ1v) is 12.6. The molecule has 0 aliphatic heterocycles. The Balaban J connectivity index is 1.77. The molecule has 2 N–H and O–H groups in total. The van der Waals surface area contributed by atoms with Gasteiger partial charge in [-0.2, -0.15) is 0 Å². The highest BCUT2D eigenvalue weighted by molar-refractivity contribution is 6.32. The molecule has 2 saturated carbocycles. The largest absolute Gasteiger partial charge is 0.508 e. The molecule has 0 saturated heterocycles. The number of rotatable bonds is 4. The predicted octanol–water partition coefficient (Wildman–Crippen LogP) is 8.83. The molecule has 2 nitrogen and oxygen atoms in total. The van der Waals surface area contributed by atoms with Gasteiger partial charge in [-0.1, -0.05) is 75.6 Å². The highest BCUT2D eigenvalue weighted by atomic mass is 35.5. The van der Waals surface area contributed by atoms with Gasteiger partial charge in [0.15, 0.2) is 0 Å². The fourth-order valence-corrected chi connectivity index (χ4v) is 6.53. The van der Waals surface area contributed by atoms with Crippen LogP contribution in [-0.2, 0) is 5.41 Å². The second-order valence-corrected chi connectivity index (χ2v) is 10.9. The molecular formula is C27H34Cl2O2. The number of hydrogen-bond donors (Lipinski definition) is 2. The molecule has 2 aromatic rings. The van der Waals surface area contributed by atoms with E-state index in [-0.39, 0.29) is 0 Å². The van der Waals surface area contributed by atoms with Crippen LogP contribution in [0.4, 0.5) is 0 Å². The summed E-state index contributed by atoms with van der Waals surface area (Å²) in [4.78, 5) is 0. The van der Waals surface area contributed by atoms with Crippen LogP contribution < -0.4 is 0 Å². The van der Waals surface area contributed by atoms with Gasteiger partial charge in [0.2, 0.25) is 0 Å². The first-order chi connectivity index (χ1) is 14.8. The Morgan fingerprint density at radius 3 is 1.35 bits per heavy atom. The van der Waals surface area contributed by atoms with E-state index in [1.165, 1.54) is 38.5 Å². The van der Waals surface area contributed by atoms with E-state index in [0.717, 1.165) is 47.9 Å². The standard InChI is InChI=1S/C27H34Cl2O2/c1-27(2,21-13-19(25(30)15-23(21)28)17-9-5-3-6-10-17)22-14-20(26(31)16-24(22)29)18-11-7-4-8-12-18/h13-18,30-31H,3-12H2,1-2H3. The first kappa shape index (κ1) is 22.8. The molecule has 2 aliphatic carbocycles. The van der Waals surface area contributed by atoms with E-state index in [1.807, 2.05) is 0 Å². The Labute approximate surface area is 196 Å². The molecule has 0 spiro atoms. The first-order valence-electron chi connectivity index (χ1n) is 11.8. The topological polar surface area (TPSA) is 40.5 Å². The zero-order chi connectivity index (χ0) is 22.2. The number of phenols is 2.